The molecule has 2 aliphatic heterocycles. The van der Waals surface area contributed by atoms with Crippen LogP contribution in [0.4, 0.5) is 11.5 Å². The maximum absolute atomic E-state index is 12.3. The molecule has 3 heterocycles. The van der Waals surface area contributed by atoms with Crippen molar-refractivity contribution in [3.8, 4) is 0 Å². The van der Waals surface area contributed by atoms with Gasteiger partial charge in [0.15, 0.2) is 0 Å². The normalized spacial score (nSPS) is 19.3. The van der Waals surface area contributed by atoms with E-state index in [0.717, 1.165) is 32.0 Å². The number of carbonyl (C=O) groups excluding carboxylic acids is 1. The molecule has 0 bridgehead atoms. The van der Waals surface area contributed by atoms with E-state index in [-0.39, 0.29) is 11.6 Å². The molecular formula is C15H21N5O4. The van der Waals surface area contributed by atoms with Crippen molar-refractivity contribution in [1.82, 2.24) is 14.8 Å². The molecule has 3 rings (SSSR count). The molecule has 0 N–H and O–H groups in total. The van der Waals surface area contributed by atoms with E-state index >= 15 is 0 Å². The lowest BCUT2D eigenvalue weighted by Crippen LogP contribution is -2.51. The number of pyridine rings is 1. The van der Waals surface area contributed by atoms with E-state index < -0.39 is 4.92 Å². The van der Waals surface area contributed by atoms with Gasteiger partial charge in [0.05, 0.1) is 24.7 Å². The summed E-state index contributed by atoms with van der Waals surface area (Å²) in [6.07, 6.45) is 1.28. The van der Waals surface area contributed by atoms with E-state index in [4.69, 9.17) is 4.74 Å². The van der Waals surface area contributed by atoms with Crippen LogP contribution in [0.3, 0.4) is 0 Å². The molecular weight excluding hydrogens is 314 g/mol. The number of nitrogens with zero attached hydrogens (tertiary/aromatic N) is 5. The Balaban J connectivity index is 1.48. The monoisotopic (exact) mass is 335 g/mol. The molecule has 0 radical (unpaired) electrons. The van der Waals surface area contributed by atoms with Gasteiger partial charge in [0.25, 0.3) is 5.69 Å². The Morgan fingerprint density at radius 1 is 1.17 bits per heavy atom. The molecule has 1 aromatic rings. The van der Waals surface area contributed by atoms with Crippen LogP contribution in [0.15, 0.2) is 18.3 Å². The highest BCUT2D eigenvalue weighted by Gasteiger charge is 2.23. The largest absolute Gasteiger partial charge is 0.378 e. The Hall–Kier alpha value is -2.26. The standard InChI is InChI=1S/C15H21N5O4/c21-15(19-7-9-24-10-8-19)12-17-3-5-18(6-4-17)14-2-1-13(11-16-14)20(22)23/h1-2,11H,3-10,12H2. The lowest BCUT2D eigenvalue weighted by Gasteiger charge is -2.36. The van der Waals surface area contributed by atoms with Crippen LogP contribution in [0.25, 0.3) is 0 Å². The average molecular weight is 335 g/mol. The molecule has 24 heavy (non-hydrogen) atoms. The third-order valence-electron chi connectivity index (χ3n) is 4.36. The fourth-order valence-corrected chi connectivity index (χ4v) is 2.91. The molecule has 2 fully saturated rings. The van der Waals surface area contributed by atoms with Crippen LogP contribution < -0.4 is 4.90 Å². The lowest BCUT2D eigenvalue weighted by molar-refractivity contribution is -0.385. The van der Waals surface area contributed by atoms with Crippen LogP contribution in [-0.4, -0.2) is 84.6 Å². The molecule has 9 nitrogen and oxygen atoms in total. The van der Waals surface area contributed by atoms with Gasteiger partial charge in [-0.2, -0.15) is 0 Å². The topological polar surface area (TPSA) is 92.0 Å². The first-order valence-corrected chi connectivity index (χ1v) is 8.07. The van der Waals surface area contributed by atoms with Crippen molar-refractivity contribution in [2.45, 2.75) is 0 Å². The van der Waals surface area contributed by atoms with Gasteiger partial charge < -0.3 is 14.5 Å². The van der Waals surface area contributed by atoms with Gasteiger partial charge >= 0.3 is 0 Å². The van der Waals surface area contributed by atoms with Gasteiger partial charge in [-0.25, -0.2) is 4.98 Å². The van der Waals surface area contributed by atoms with E-state index in [1.54, 1.807) is 6.07 Å². The number of morpholine rings is 1. The minimum Gasteiger partial charge on any atom is -0.378 e. The molecule has 2 saturated heterocycles. The summed E-state index contributed by atoms with van der Waals surface area (Å²) in [5.41, 5.74) is -0.00602. The van der Waals surface area contributed by atoms with Gasteiger partial charge in [-0.3, -0.25) is 19.8 Å². The number of anilines is 1. The van der Waals surface area contributed by atoms with Crippen molar-refractivity contribution in [2.75, 3.05) is 63.9 Å². The second kappa shape index (κ2) is 7.54. The van der Waals surface area contributed by atoms with Crippen LogP contribution in [0.1, 0.15) is 0 Å². The zero-order valence-corrected chi connectivity index (χ0v) is 13.5. The molecule has 9 heteroatoms. The van der Waals surface area contributed by atoms with Crippen LogP contribution in [-0.2, 0) is 9.53 Å². The molecule has 0 saturated carbocycles. The van der Waals surface area contributed by atoms with Gasteiger partial charge in [-0.15, -0.1) is 0 Å². The zero-order valence-electron chi connectivity index (χ0n) is 13.5. The highest BCUT2D eigenvalue weighted by Crippen LogP contribution is 2.17. The molecule has 0 aliphatic carbocycles. The number of hydrogen-bond donors (Lipinski definition) is 0. The number of hydrogen-bond acceptors (Lipinski definition) is 7. The first kappa shape index (κ1) is 16.6. The number of piperazine rings is 1. The third-order valence-corrected chi connectivity index (χ3v) is 4.36. The maximum Gasteiger partial charge on any atom is 0.287 e. The number of aromatic nitrogens is 1. The van der Waals surface area contributed by atoms with E-state index in [9.17, 15) is 14.9 Å². The van der Waals surface area contributed by atoms with Crippen molar-refractivity contribution in [1.29, 1.82) is 0 Å². The van der Waals surface area contributed by atoms with Crippen LogP contribution in [0.5, 0.6) is 0 Å². The number of nitro groups is 1. The average Bonchev–Trinajstić information content (AvgIpc) is 2.63. The van der Waals surface area contributed by atoms with Gasteiger partial charge in [-0.05, 0) is 6.07 Å². The molecule has 2 aliphatic rings. The van der Waals surface area contributed by atoms with Crippen LogP contribution >= 0.6 is 0 Å². The summed E-state index contributed by atoms with van der Waals surface area (Å²) in [5, 5.41) is 10.7. The summed E-state index contributed by atoms with van der Waals surface area (Å²) in [4.78, 5) is 32.7. The maximum atomic E-state index is 12.3. The summed E-state index contributed by atoms with van der Waals surface area (Å²) >= 11 is 0. The third kappa shape index (κ3) is 3.98. The quantitative estimate of drug-likeness (QED) is 0.563. The van der Waals surface area contributed by atoms with Gasteiger partial charge in [0.2, 0.25) is 5.91 Å². The van der Waals surface area contributed by atoms with E-state index in [1.807, 2.05) is 4.90 Å². The van der Waals surface area contributed by atoms with E-state index in [1.165, 1.54) is 12.3 Å². The smallest absolute Gasteiger partial charge is 0.287 e. The Bertz CT molecular complexity index is 580. The minimum absolute atomic E-state index is 0.00602. The second-order valence-electron chi connectivity index (χ2n) is 5.89. The summed E-state index contributed by atoms with van der Waals surface area (Å²) in [7, 11) is 0. The van der Waals surface area contributed by atoms with E-state index in [2.05, 4.69) is 14.8 Å². The zero-order chi connectivity index (χ0) is 16.9. The Kier molecular flexibility index (Phi) is 5.21. The van der Waals surface area contributed by atoms with E-state index in [0.29, 0.717) is 32.8 Å². The first-order chi connectivity index (χ1) is 11.6. The molecule has 130 valence electrons. The van der Waals surface area contributed by atoms with Crippen molar-refractivity contribution in [2.24, 2.45) is 0 Å². The number of carbonyl (C=O) groups is 1. The van der Waals surface area contributed by atoms with Gasteiger partial charge in [0, 0.05) is 45.3 Å². The Morgan fingerprint density at radius 2 is 1.88 bits per heavy atom. The molecule has 1 aromatic heterocycles. The predicted octanol–water partition coefficient (Wildman–Crippen LogP) is -0.0294. The summed E-state index contributed by atoms with van der Waals surface area (Å²) in [6.45, 7) is 6.06. The number of rotatable bonds is 4. The molecule has 1 amide bonds. The molecule has 0 unspecified atom stereocenters. The fraction of sp³-hybridized carbons (Fsp3) is 0.600. The van der Waals surface area contributed by atoms with Gasteiger partial charge in [-0.1, -0.05) is 0 Å². The van der Waals surface area contributed by atoms with Crippen molar-refractivity contribution in [3.05, 3.63) is 28.4 Å². The van der Waals surface area contributed by atoms with Crippen molar-refractivity contribution < 1.29 is 14.5 Å². The summed E-state index contributed by atoms with van der Waals surface area (Å²) in [5.74, 6) is 0.889. The van der Waals surface area contributed by atoms with Crippen LogP contribution in [0.2, 0.25) is 0 Å². The SMILES string of the molecule is O=C(CN1CCN(c2ccc([N+](=O)[O-])cn2)CC1)N1CCOCC1. The minimum atomic E-state index is -0.452. The summed E-state index contributed by atoms with van der Waals surface area (Å²) < 4.78 is 5.26. The second-order valence-corrected chi connectivity index (χ2v) is 5.89. The summed E-state index contributed by atoms with van der Waals surface area (Å²) in [6, 6.07) is 3.14. The highest BCUT2D eigenvalue weighted by atomic mass is 16.6. The first-order valence-electron chi connectivity index (χ1n) is 8.07. The fourth-order valence-electron chi connectivity index (χ4n) is 2.91. The lowest BCUT2D eigenvalue weighted by atomic mass is 10.3. The molecule has 0 spiro atoms. The highest BCUT2D eigenvalue weighted by molar-refractivity contribution is 5.78. The van der Waals surface area contributed by atoms with Crippen LogP contribution in [0, 0.1) is 10.1 Å². The van der Waals surface area contributed by atoms with Crippen molar-refractivity contribution >= 4 is 17.4 Å². The van der Waals surface area contributed by atoms with Gasteiger partial charge in [0.1, 0.15) is 12.0 Å². The number of ether oxygens (including phenoxy) is 1. The predicted molar refractivity (Wildman–Crippen MR) is 86.9 cm³/mol. The Labute approximate surface area is 139 Å². The molecule has 0 atom stereocenters. The van der Waals surface area contributed by atoms with Crippen molar-refractivity contribution in [3.63, 3.8) is 0 Å². The Morgan fingerprint density at radius 3 is 2.46 bits per heavy atom. The molecule has 0 aromatic carbocycles. The number of amides is 1.